The van der Waals surface area contributed by atoms with Crippen molar-refractivity contribution in [3.05, 3.63) is 20.6 Å². The van der Waals surface area contributed by atoms with Crippen LogP contribution in [0.2, 0.25) is 0 Å². The normalized spacial score (nSPS) is 10.4. The summed E-state index contributed by atoms with van der Waals surface area (Å²) in [7, 11) is 0. The number of hydrogen-bond acceptors (Lipinski definition) is 6. The average Bonchev–Trinajstić information content (AvgIpc) is 2.72. The lowest BCUT2D eigenvalue weighted by molar-refractivity contribution is 1.05. The summed E-state index contributed by atoms with van der Waals surface area (Å²) < 4.78 is 4.73. The molecule has 2 rings (SSSR count). The molecular formula is C7H7BrN4S2. The predicted molar refractivity (Wildman–Crippen MR) is 61.8 cm³/mol. The Bertz CT molecular complexity index is 425. The van der Waals surface area contributed by atoms with E-state index in [4.69, 9.17) is 0 Å². The summed E-state index contributed by atoms with van der Waals surface area (Å²) in [6, 6.07) is 0. The van der Waals surface area contributed by atoms with E-state index >= 15 is 0 Å². The molecule has 0 bridgehead atoms. The second kappa shape index (κ2) is 4.33. The molecule has 0 aromatic carbocycles. The molecule has 0 aliphatic heterocycles. The van der Waals surface area contributed by atoms with Crippen molar-refractivity contribution in [1.29, 1.82) is 0 Å². The SMILES string of the molecule is Cc1nnsc1CNc1nc(Br)cs1. The molecule has 0 aliphatic rings. The van der Waals surface area contributed by atoms with Gasteiger partial charge in [0.2, 0.25) is 0 Å². The number of rotatable bonds is 3. The van der Waals surface area contributed by atoms with Crippen LogP contribution in [0.3, 0.4) is 0 Å². The van der Waals surface area contributed by atoms with Crippen molar-refractivity contribution in [1.82, 2.24) is 14.6 Å². The van der Waals surface area contributed by atoms with Crippen LogP contribution in [-0.2, 0) is 6.54 Å². The molecule has 2 aromatic heterocycles. The molecule has 0 atom stereocenters. The van der Waals surface area contributed by atoms with Crippen LogP contribution in [0, 0.1) is 6.92 Å². The zero-order chi connectivity index (χ0) is 9.97. The van der Waals surface area contributed by atoms with E-state index in [1.807, 2.05) is 12.3 Å². The Kier molecular flexibility index (Phi) is 3.09. The van der Waals surface area contributed by atoms with Crippen molar-refractivity contribution in [3.8, 4) is 0 Å². The monoisotopic (exact) mass is 290 g/mol. The van der Waals surface area contributed by atoms with E-state index in [0.29, 0.717) is 0 Å². The van der Waals surface area contributed by atoms with Gasteiger partial charge in [-0.25, -0.2) is 4.98 Å². The fourth-order valence-electron chi connectivity index (χ4n) is 0.904. The Labute approximate surface area is 97.7 Å². The third-order valence-corrected chi connectivity index (χ3v) is 3.95. The Morgan fingerprint density at radius 2 is 2.43 bits per heavy atom. The number of thiazole rings is 1. The van der Waals surface area contributed by atoms with Gasteiger partial charge in [0.05, 0.1) is 17.1 Å². The summed E-state index contributed by atoms with van der Waals surface area (Å²) in [5, 5.41) is 10.0. The minimum Gasteiger partial charge on any atom is -0.356 e. The maximum Gasteiger partial charge on any atom is 0.184 e. The minimum atomic E-state index is 0.740. The third-order valence-electron chi connectivity index (χ3n) is 1.62. The van der Waals surface area contributed by atoms with Gasteiger partial charge in [-0.3, -0.25) is 0 Å². The van der Waals surface area contributed by atoms with Crippen LogP contribution in [0.1, 0.15) is 10.6 Å². The number of nitrogens with one attached hydrogen (secondary N) is 1. The quantitative estimate of drug-likeness (QED) is 0.944. The lowest BCUT2D eigenvalue weighted by Crippen LogP contribution is -1.98. The maximum atomic E-state index is 4.23. The Balaban J connectivity index is 1.98. The van der Waals surface area contributed by atoms with Crippen molar-refractivity contribution in [2.45, 2.75) is 13.5 Å². The van der Waals surface area contributed by atoms with Crippen LogP contribution in [-0.4, -0.2) is 14.6 Å². The first-order valence-corrected chi connectivity index (χ1v) is 6.33. The van der Waals surface area contributed by atoms with Gasteiger partial charge < -0.3 is 5.32 Å². The highest BCUT2D eigenvalue weighted by molar-refractivity contribution is 9.10. The summed E-state index contributed by atoms with van der Waals surface area (Å²) >= 11 is 6.29. The highest BCUT2D eigenvalue weighted by Gasteiger charge is 2.04. The number of aryl methyl sites for hydroxylation is 1. The van der Waals surface area contributed by atoms with E-state index in [9.17, 15) is 0 Å². The molecular weight excluding hydrogens is 284 g/mol. The molecule has 4 nitrogen and oxygen atoms in total. The predicted octanol–water partition coefficient (Wildman–Crippen LogP) is 2.68. The van der Waals surface area contributed by atoms with Gasteiger partial charge in [-0.1, -0.05) is 4.49 Å². The molecule has 14 heavy (non-hydrogen) atoms. The summed E-state index contributed by atoms with van der Waals surface area (Å²) in [5.41, 5.74) is 0.984. The zero-order valence-corrected chi connectivity index (χ0v) is 10.5. The first-order chi connectivity index (χ1) is 6.75. The molecule has 1 N–H and O–H groups in total. The standard InChI is InChI=1S/C7H7BrN4S2/c1-4-5(14-12-11-4)2-9-7-10-6(8)3-13-7/h3H,2H2,1H3,(H,9,10). The van der Waals surface area contributed by atoms with Crippen molar-refractivity contribution in [2.75, 3.05) is 5.32 Å². The Morgan fingerprint density at radius 3 is 3.00 bits per heavy atom. The van der Waals surface area contributed by atoms with E-state index in [1.165, 1.54) is 11.5 Å². The first-order valence-electron chi connectivity index (χ1n) is 3.88. The molecule has 0 radical (unpaired) electrons. The van der Waals surface area contributed by atoms with Crippen molar-refractivity contribution in [3.63, 3.8) is 0 Å². The van der Waals surface area contributed by atoms with Gasteiger partial charge in [0.1, 0.15) is 4.60 Å². The molecule has 2 aromatic rings. The number of nitrogens with zero attached hydrogens (tertiary/aromatic N) is 3. The van der Waals surface area contributed by atoms with Crippen molar-refractivity contribution >= 4 is 43.9 Å². The highest BCUT2D eigenvalue weighted by atomic mass is 79.9. The summed E-state index contributed by atoms with van der Waals surface area (Å²) in [6.07, 6.45) is 0. The van der Waals surface area contributed by atoms with Gasteiger partial charge in [-0.2, -0.15) is 0 Å². The Morgan fingerprint density at radius 1 is 1.57 bits per heavy atom. The number of anilines is 1. The number of halogens is 1. The average molecular weight is 291 g/mol. The van der Waals surface area contributed by atoms with Crippen LogP contribution in [0.15, 0.2) is 9.98 Å². The second-order valence-corrected chi connectivity index (χ2v) is 5.12. The fourth-order valence-corrected chi connectivity index (χ4v) is 2.62. The third kappa shape index (κ3) is 2.28. The van der Waals surface area contributed by atoms with Gasteiger partial charge in [0.25, 0.3) is 0 Å². The smallest absolute Gasteiger partial charge is 0.184 e. The molecule has 0 amide bonds. The molecule has 74 valence electrons. The van der Waals surface area contributed by atoms with Gasteiger partial charge in [0.15, 0.2) is 5.13 Å². The molecule has 0 spiro atoms. The fraction of sp³-hybridized carbons (Fsp3) is 0.286. The number of hydrogen-bond donors (Lipinski definition) is 1. The van der Waals surface area contributed by atoms with E-state index in [1.54, 1.807) is 11.3 Å². The molecule has 2 heterocycles. The first kappa shape index (κ1) is 10.0. The van der Waals surface area contributed by atoms with Crippen LogP contribution in [0.4, 0.5) is 5.13 Å². The summed E-state index contributed by atoms with van der Waals surface area (Å²) in [6.45, 7) is 2.70. The van der Waals surface area contributed by atoms with E-state index in [-0.39, 0.29) is 0 Å². The van der Waals surface area contributed by atoms with Crippen LogP contribution in [0.25, 0.3) is 0 Å². The lowest BCUT2D eigenvalue weighted by atomic mass is 10.4. The summed E-state index contributed by atoms with van der Waals surface area (Å²) in [5.74, 6) is 0. The van der Waals surface area contributed by atoms with Gasteiger partial charge >= 0.3 is 0 Å². The van der Waals surface area contributed by atoms with Crippen LogP contribution in [0.5, 0.6) is 0 Å². The zero-order valence-electron chi connectivity index (χ0n) is 7.32. The molecule has 0 fully saturated rings. The molecule has 0 saturated carbocycles. The van der Waals surface area contributed by atoms with E-state index < -0.39 is 0 Å². The molecule has 0 unspecified atom stereocenters. The maximum absolute atomic E-state index is 4.23. The van der Waals surface area contributed by atoms with Gasteiger partial charge in [-0.05, 0) is 34.4 Å². The van der Waals surface area contributed by atoms with E-state index in [0.717, 1.165) is 26.9 Å². The van der Waals surface area contributed by atoms with E-state index in [2.05, 4.69) is 35.8 Å². The summed E-state index contributed by atoms with van der Waals surface area (Å²) in [4.78, 5) is 5.38. The highest BCUT2D eigenvalue weighted by Crippen LogP contribution is 2.20. The topological polar surface area (TPSA) is 50.7 Å². The van der Waals surface area contributed by atoms with Crippen molar-refractivity contribution in [2.24, 2.45) is 0 Å². The van der Waals surface area contributed by atoms with Crippen LogP contribution < -0.4 is 5.32 Å². The molecule has 0 saturated heterocycles. The largest absolute Gasteiger partial charge is 0.356 e. The van der Waals surface area contributed by atoms with Gasteiger partial charge in [0, 0.05) is 5.38 Å². The molecule has 7 heteroatoms. The number of aromatic nitrogens is 3. The minimum absolute atomic E-state index is 0.740. The van der Waals surface area contributed by atoms with Crippen molar-refractivity contribution < 1.29 is 0 Å². The lowest BCUT2D eigenvalue weighted by Gasteiger charge is -1.98. The second-order valence-electron chi connectivity index (χ2n) is 2.61. The van der Waals surface area contributed by atoms with Crippen LogP contribution >= 0.6 is 38.8 Å². The molecule has 0 aliphatic carbocycles. The Hall–Kier alpha value is -0.530. The van der Waals surface area contributed by atoms with Gasteiger partial charge in [-0.15, -0.1) is 16.4 Å².